The van der Waals surface area contributed by atoms with Gasteiger partial charge in [0.05, 0.1) is 0 Å². The van der Waals surface area contributed by atoms with Crippen molar-refractivity contribution < 1.29 is 106 Å². The van der Waals surface area contributed by atoms with Crippen molar-refractivity contribution in [3.05, 3.63) is 0 Å². The van der Waals surface area contributed by atoms with E-state index in [0.717, 1.165) is 0 Å². The van der Waals surface area contributed by atoms with Crippen molar-refractivity contribution in [2.75, 3.05) is 0 Å². The van der Waals surface area contributed by atoms with Crippen LogP contribution in [-0.4, -0.2) is 0 Å². The quantitative estimate of drug-likeness (QED) is 0.430. The van der Waals surface area contributed by atoms with Crippen LogP contribution in [0.15, 0.2) is 0 Å². The van der Waals surface area contributed by atoms with E-state index >= 15 is 0 Å². The van der Waals surface area contributed by atoms with Crippen LogP contribution in [0, 0.1) is 0 Å². The molecular weight excluding hydrogens is 479 g/mol. The van der Waals surface area contributed by atoms with E-state index in [1.165, 1.54) is 0 Å². The van der Waals surface area contributed by atoms with E-state index < -0.39 is 0 Å². The Hall–Kier alpha value is 4.13. The van der Waals surface area contributed by atoms with Crippen LogP contribution in [0.4, 0.5) is 0 Å². The molecule has 0 spiro atoms. The Labute approximate surface area is 130 Å². The van der Waals surface area contributed by atoms with Crippen LogP contribution in [0.25, 0.3) is 0 Å². The van der Waals surface area contributed by atoms with Crippen molar-refractivity contribution in [3.8, 4) is 0 Å². The molecule has 0 amide bonds. The molecule has 0 aliphatic rings. The second kappa shape index (κ2) is 49.5. The molecule has 0 N–H and O–H groups in total. The van der Waals surface area contributed by atoms with Gasteiger partial charge < -0.3 is 27.0 Å². The maximum atomic E-state index is 0. The SMILES string of the molecule is [Ag+].[Cd+2].[Cu+2].[S-2].[S-2].[Zn+2].[Zn+2]. The first kappa shape index (κ1) is 67.0. The summed E-state index contributed by atoms with van der Waals surface area (Å²) in [6, 6.07) is 0. The fourth-order valence-electron chi connectivity index (χ4n) is 0. The van der Waals surface area contributed by atoms with Crippen LogP contribution < -0.4 is 0 Å². The maximum Gasteiger partial charge on any atom is 2.00 e. The smallest absolute Gasteiger partial charge is 2.00 e. The molecular formula is AgCdCuS2Zn2+5. The first-order valence-corrected chi connectivity index (χ1v) is 0. The second-order valence-electron chi connectivity index (χ2n) is 0. The summed E-state index contributed by atoms with van der Waals surface area (Å²) in [6.07, 6.45) is 0. The molecule has 7 heavy (non-hydrogen) atoms. The molecule has 0 aromatic rings. The van der Waals surface area contributed by atoms with Crippen molar-refractivity contribution >= 4 is 27.0 Å². The predicted octanol–water partition coefficient (Wildman–Crippen LogP) is -0.0173. The standard InChI is InChI=1S/Ag.Cd.Cu.2S.2Zn/q+1;2*+2;2*-2;2*+2. The normalized spacial score (nSPS) is 0. The van der Waals surface area contributed by atoms with Crippen LogP contribution in [0.2, 0.25) is 0 Å². The summed E-state index contributed by atoms with van der Waals surface area (Å²) >= 11 is 0. The van der Waals surface area contributed by atoms with Gasteiger partial charge in [-0.05, 0) is 0 Å². The summed E-state index contributed by atoms with van der Waals surface area (Å²) in [4.78, 5) is 0. The molecule has 0 saturated heterocycles. The summed E-state index contributed by atoms with van der Waals surface area (Å²) in [5.74, 6) is 0. The van der Waals surface area contributed by atoms with Gasteiger partial charge in [-0.15, -0.1) is 0 Å². The average molecular weight is 479 g/mol. The van der Waals surface area contributed by atoms with Crippen LogP contribution in [0.3, 0.4) is 0 Å². The van der Waals surface area contributed by atoms with Gasteiger partial charge >= 0.3 is 106 Å². The van der Waals surface area contributed by atoms with Crippen LogP contribution in [0.5, 0.6) is 0 Å². The van der Waals surface area contributed by atoms with Gasteiger partial charge in [0.15, 0.2) is 0 Å². The first-order chi connectivity index (χ1) is 0. The Morgan fingerprint density at radius 2 is 0.714 bits per heavy atom. The molecule has 0 fully saturated rings. The molecule has 0 aliphatic carbocycles. The topological polar surface area (TPSA) is 0 Å². The third-order valence-corrected chi connectivity index (χ3v) is 0. The Bertz CT molecular complexity index is 15.7. The van der Waals surface area contributed by atoms with Gasteiger partial charge in [0, 0.05) is 0 Å². The molecule has 0 saturated carbocycles. The van der Waals surface area contributed by atoms with Gasteiger partial charge in [-0.25, -0.2) is 0 Å². The largest absolute Gasteiger partial charge is 2.00 e. The summed E-state index contributed by atoms with van der Waals surface area (Å²) in [5, 5.41) is 0. The van der Waals surface area contributed by atoms with Gasteiger partial charge in [-0.2, -0.15) is 0 Å². The molecule has 0 rings (SSSR count). The number of hydrogen-bond donors (Lipinski definition) is 0. The molecule has 0 atom stereocenters. The van der Waals surface area contributed by atoms with E-state index in [1.807, 2.05) is 0 Å². The summed E-state index contributed by atoms with van der Waals surface area (Å²) in [6.45, 7) is 0. The van der Waals surface area contributed by atoms with Crippen molar-refractivity contribution in [3.63, 3.8) is 0 Å². The molecule has 0 unspecified atom stereocenters. The Kier molecular flexibility index (Phi) is 474. The zero-order valence-corrected chi connectivity index (χ0v) is 17.6. The molecule has 7 heteroatoms. The van der Waals surface area contributed by atoms with Gasteiger partial charge in [-0.1, -0.05) is 0 Å². The van der Waals surface area contributed by atoms with Gasteiger partial charge in [-0.3, -0.25) is 0 Å². The Morgan fingerprint density at radius 3 is 0.714 bits per heavy atom. The van der Waals surface area contributed by atoms with Crippen molar-refractivity contribution in [1.29, 1.82) is 0 Å². The first-order valence-electron chi connectivity index (χ1n) is 0. The minimum Gasteiger partial charge on any atom is -2.00 e. The van der Waals surface area contributed by atoms with Gasteiger partial charge in [0.1, 0.15) is 0 Å². The zero-order valence-electron chi connectivity index (χ0n) is 3.54. The maximum absolute atomic E-state index is 0. The minimum absolute atomic E-state index is 0. The second-order valence-corrected chi connectivity index (χ2v) is 0. The van der Waals surface area contributed by atoms with Crippen LogP contribution >= 0.6 is 0 Å². The van der Waals surface area contributed by atoms with Gasteiger partial charge in [0.2, 0.25) is 0 Å². The van der Waals surface area contributed by atoms with Crippen LogP contribution in [-0.2, 0) is 133 Å². The monoisotopic (exact) mass is 476 g/mol. The molecule has 0 aromatic heterocycles. The van der Waals surface area contributed by atoms with E-state index in [1.54, 1.807) is 0 Å². The Morgan fingerprint density at radius 1 is 0.714 bits per heavy atom. The third kappa shape index (κ3) is 39.3. The molecule has 0 bridgehead atoms. The predicted molar refractivity (Wildman–Crippen MR) is 14.7 cm³/mol. The van der Waals surface area contributed by atoms with Gasteiger partial charge in [0.25, 0.3) is 0 Å². The Balaban J connectivity index is 0. The molecule has 0 nitrogen and oxygen atoms in total. The van der Waals surface area contributed by atoms with E-state index in [-0.39, 0.29) is 133 Å². The van der Waals surface area contributed by atoms with Crippen LogP contribution in [0.1, 0.15) is 0 Å². The number of rotatable bonds is 0. The van der Waals surface area contributed by atoms with Crippen molar-refractivity contribution in [2.45, 2.75) is 0 Å². The fraction of sp³-hybridized carbons (Fsp3) is 0. The molecule has 0 aliphatic heterocycles. The minimum atomic E-state index is 0. The van der Waals surface area contributed by atoms with E-state index in [2.05, 4.69) is 0 Å². The van der Waals surface area contributed by atoms with Crippen molar-refractivity contribution in [1.82, 2.24) is 0 Å². The molecule has 1 radical (unpaired) electrons. The van der Waals surface area contributed by atoms with E-state index in [9.17, 15) is 0 Å². The van der Waals surface area contributed by atoms with E-state index in [0.29, 0.717) is 0 Å². The average Bonchev–Trinajstić information content (AvgIpc) is 0. The molecule has 35 valence electrons. The van der Waals surface area contributed by atoms with E-state index in [4.69, 9.17) is 0 Å². The van der Waals surface area contributed by atoms with Crippen molar-refractivity contribution in [2.24, 2.45) is 0 Å². The molecule has 0 heterocycles. The summed E-state index contributed by atoms with van der Waals surface area (Å²) in [5.41, 5.74) is 0. The summed E-state index contributed by atoms with van der Waals surface area (Å²) in [7, 11) is 0. The third-order valence-electron chi connectivity index (χ3n) is 0. The number of hydrogen-bond acceptors (Lipinski definition) is 0. The molecule has 0 aromatic carbocycles. The fourth-order valence-corrected chi connectivity index (χ4v) is 0. The summed E-state index contributed by atoms with van der Waals surface area (Å²) < 4.78 is 0. The zero-order chi connectivity index (χ0) is 0.